The molecule has 0 bridgehead atoms. The molecule has 2 aromatic heterocycles. The van der Waals surface area contributed by atoms with Crippen molar-refractivity contribution in [3.8, 4) is 0 Å². The monoisotopic (exact) mass is 415 g/mol. The van der Waals surface area contributed by atoms with Gasteiger partial charge in [0, 0.05) is 55.5 Å². The fourth-order valence-corrected chi connectivity index (χ4v) is 5.54. The van der Waals surface area contributed by atoms with Crippen molar-refractivity contribution in [2.45, 2.75) is 50.2 Å². The van der Waals surface area contributed by atoms with Crippen LogP contribution in [0.1, 0.15) is 46.8 Å². The Morgan fingerprint density at radius 2 is 2.21 bits per heavy atom. The highest BCUT2D eigenvalue weighted by atomic mass is 32.1. The van der Waals surface area contributed by atoms with Crippen LogP contribution in [0, 0.1) is 0 Å². The summed E-state index contributed by atoms with van der Waals surface area (Å²) in [5, 5.41) is 4.21. The predicted octanol–water partition coefficient (Wildman–Crippen LogP) is 4.10. The fraction of sp³-hybridized carbons (Fsp3) is 0.632. The van der Waals surface area contributed by atoms with Gasteiger partial charge in [0.1, 0.15) is 11.0 Å². The molecule has 1 unspecified atom stereocenters. The summed E-state index contributed by atoms with van der Waals surface area (Å²) in [5.41, 5.74) is 1.12. The van der Waals surface area contributed by atoms with Crippen LogP contribution in [0.3, 0.4) is 0 Å². The summed E-state index contributed by atoms with van der Waals surface area (Å²) >= 11 is 0.795. The van der Waals surface area contributed by atoms with Crippen LogP contribution < -0.4 is 0 Å². The van der Waals surface area contributed by atoms with E-state index in [0.29, 0.717) is 23.3 Å². The van der Waals surface area contributed by atoms with Gasteiger partial charge >= 0.3 is 6.18 Å². The van der Waals surface area contributed by atoms with E-state index < -0.39 is 22.8 Å². The second-order valence-electron chi connectivity index (χ2n) is 7.71. The molecule has 2 aliphatic rings. The molecule has 3 atom stereocenters. The Hall–Kier alpha value is -1.42. The summed E-state index contributed by atoms with van der Waals surface area (Å²) in [6.07, 6.45) is 0.368. The predicted molar refractivity (Wildman–Crippen MR) is 99.0 cm³/mol. The standard InChI is InChI=1S/C19H24F3N3O2S/c1-12-7-18(4-5-25(12)10-13-8-23-24(2)9-13)14-6-16(19(20,21)22)28-17(14)15(26-3)11-27-18/h6,8-9,12,15H,4-5,7,10-11H2,1-3H3/t12-,15?,18+/m0/s1. The van der Waals surface area contributed by atoms with Crippen molar-refractivity contribution >= 4 is 11.3 Å². The molecule has 4 heterocycles. The summed E-state index contributed by atoms with van der Waals surface area (Å²) in [4.78, 5) is 2.42. The molecule has 1 saturated heterocycles. The first-order valence-electron chi connectivity index (χ1n) is 9.31. The van der Waals surface area contributed by atoms with Gasteiger partial charge < -0.3 is 9.47 Å². The Kier molecular flexibility index (Phi) is 5.06. The van der Waals surface area contributed by atoms with Crippen LogP contribution in [0.2, 0.25) is 0 Å². The highest BCUT2D eigenvalue weighted by Crippen LogP contribution is 2.51. The molecule has 9 heteroatoms. The topological polar surface area (TPSA) is 39.5 Å². The van der Waals surface area contributed by atoms with E-state index in [2.05, 4.69) is 16.9 Å². The highest BCUT2D eigenvalue weighted by Gasteiger charge is 2.48. The van der Waals surface area contributed by atoms with Gasteiger partial charge in [0.15, 0.2) is 0 Å². The molecule has 28 heavy (non-hydrogen) atoms. The largest absolute Gasteiger partial charge is 0.425 e. The van der Waals surface area contributed by atoms with Gasteiger partial charge in [-0.05, 0) is 25.8 Å². The molecule has 5 nitrogen and oxygen atoms in total. The van der Waals surface area contributed by atoms with Gasteiger partial charge in [0.2, 0.25) is 0 Å². The van der Waals surface area contributed by atoms with Crippen molar-refractivity contribution in [2.24, 2.45) is 7.05 Å². The van der Waals surface area contributed by atoms with Crippen LogP contribution in [-0.4, -0.2) is 41.0 Å². The second-order valence-corrected chi connectivity index (χ2v) is 8.80. The Morgan fingerprint density at radius 1 is 1.43 bits per heavy atom. The summed E-state index contributed by atoms with van der Waals surface area (Å²) in [5.74, 6) is 0. The fourth-order valence-electron chi connectivity index (χ4n) is 4.36. The Balaban J connectivity index is 1.60. The molecule has 0 radical (unpaired) electrons. The minimum atomic E-state index is -4.35. The van der Waals surface area contributed by atoms with Crippen molar-refractivity contribution in [1.29, 1.82) is 0 Å². The number of hydrogen-bond donors (Lipinski definition) is 0. The zero-order valence-corrected chi connectivity index (χ0v) is 16.9. The number of alkyl halides is 3. The van der Waals surface area contributed by atoms with Gasteiger partial charge in [-0.2, -0.15) is 18.3 Å². The first-order chi connectivity index (χ1) is 13.2. The molecule has 0 aromatic carbocycles. The first kappa shape index (κ1) is 19.9. The maximum Gasteiger partial charge on any atom is 0.425 e. The molecule has 154 valence electrons. The average molecular weight is 415 g/mol. The van der Waals surface area contributed by atoms with E-state index in [1.54, 1.807) is 4.68 Å². The van der Waals surface area contributed by atoms with Crippen molar-refractivity contribution < 1.29 is 22.6 Å². The van der Waals surface area contributed by atoms with Gasteiger partial charge in [0.05, 0.1) is 18.4 Å². The molecule has 0 N–H and O–H groups in total. The molecule has 4 rings (SSSR count). The van der Waals surface area contributed by atoms with E-state index in [1.807, 2.05) is 19.4 Å². The Morgan fingerprint density at radius 3 is 2.82 bits per heavy atom. The Bertz CT molecular complexity index is 850. The molecule has 2 aliphatic heterocycles. The van der Waals surface area contributed by atoms with Crippen molar-refractivity contribution in [3.63, 3.8) is 0 Å². The first-order valence-corrected chi connectivity index (χ1v) is 10.1. The minimum absolute atomic E-state index is 0.176. The van der Waals surface area contributed by atoms with Crippen LogP contribution >= 0.6 is 11.3 Å². The zero-order valence-electron chi connectivity index (χ0n) is 16.1. The second kappa shape index (κ2) is 7.12. The third kappa shape index (κ3) is 3.49. The van der Waals surface area contributed by atoms with Gasteiger partial charge in [0.25, 0.3) is 0 Å². The molecule has 2 aromatic rings. The molecule has 0 aliphatic carbocycles. The highest BCUT2D eigenvalue weighted by molar-refractivity contribution is 7.12. The quantitative estimate of drug-likeness (QED) is 0.757. The third-order valence-corrected chi connectivity index (χ3v) is 7.09. The lowest BCUT2D eigenvalue weighted by Crippen LogP contribution is -2.50. The van der Waals surface area contributed by atoms with E-state index in [4.69, 9.17) is 9.47 Å². The number of hydrogen-bond acceptors (Lipinski definition) is 5. The van der Waals surface area contributed by atoms with E-state index in [1.165, 1.54) is 13.2 Å². The van der Waals surface area contributed by atoms with Crippen LogP contribution in [0.5, 0.6) is 0 Å². The van der Waals surface area contributed by atoms with Crippen molar-refractivity contribution in [2.75, 3.05) is 20.3 Å². The number of piperidine rings is 1. The molecular formula is C19H24F3N3O2S. The molecule has 1 spiro atoms. The Labute approximate surface area is 166 Å². The van der Waals surface area contributed by atoms with Gasteiger partial charge in [-0.15, -0.1) is 11.3 Å². The number of nitrogens with zero attached hydrogens (tertiary/aromatic N) is 3. The molecule has 1 fully saturated rings. The number of fused-ring (bicyclic) bond motifs is 2. The van der Waals surface area contributed by atoms with E-state index in [9.17, 15) is 13.2 Å². The normalized spacial score (nSPS) is 28.6. The number of likely N-dealkylation sites (tertiary alicyclic amines) is 1. The van der Waals surface area contributed by atoms with Crippen molar-refractivity contribution in [1.82, 2.24) is 14.7 Å². The number of aromatic nitrogens is 2. The smallest absolute Gasteiger partial charge is 0.373 e. The van der Waals surface area contributed by atoms with Crippen molar-refractivity contribution in [3.05, 3.63) is 39.3 Å². The van der Waals surface area contributed by atoms with E-state index >= 15 is 0 Å². The number of aryl methyl sites for hydroxylation is 1. The summed E-state index contributed by atoms with van der Waals surface area (Å²) < 4.78 is 53.5. The third-order valence-electron chi connectivity index (χ3n) is 5.81. The molecule has 0 saturated carbocycles. The number of rotatable bonds is 3. The van der Waals surface area contributed by atoms with Gasteiger partial charge in [-0.25, -0.2) is 0 Å². The number of methoxy groups -OCH3 is 1. The number of thiophene rings is 1. The van der Waals surface area contributed by atoms with Gasteiger partial charge in [-0.1, -0.05) is 0 Å². The van der Waals surface area contributed by atoms with Crippen LogP contribution in [0.4, 0.5) is 13.2 Å². The summed E-state index contributed by atoms with van der Waals surface area (Å²) in [6.45, 7) is 3.93. The minimum Gasteiger partial charge on any atom is -0.373 e. The maximum atomic E-state index is 13.4. The van der Waals surface area contributed by atoms with Crippen LogP contribution in [-0.2, 0) is 34.8 Å². The lowest BCUT2D eigenvalue weighted by molar-refractivity contribution is -0.146. The zero-order chi connectivity index (χ0) is 20.1. The molecule has 0 amide bonds. The van der Waals surface area contributed by atoms with Gasteiger partial charge in [-0.3, -0.25) is 9.58 Å². The lowest BCUT2D eigenvalue weighted by atomic mass is 9.79. The summed E-state index contributed by atoms with van der Waals surface area (Å²) in [6, 6.07) is 1.46. The van der Waals surface area contributed by atoms with Crippen LogP contribution in [0.25, 0.3) is 0 Å². The lowest BCUT2D eigenvalue weighted by Gasteiger charge is -2.48. The van der Waals surface area contributed by atoms with E-state index in [-0.39, 0.29) is 12.6 Å². The average Bonchev–Trinajstić information content (AvgIpc) is 3.25. The molecular weight excluding hydrogens is 391 g/mol. The summed E-state index contributed by atoms with van der Waals surface area (Å²) in [7, 11) is 3.40. The van der Waals surface area contributed by atoms with E-state index in [0.717, 1.165) is 30.0 Å². The maximum absolute atomic E-state index is 13.4. The number of ether oxygens (including phenoxy) is 2. The SMILES string of the molecule is COC1CO[C@@]2(CCN(Cc3cnn(C)c3)[C@@H](C)C2)c2cc(C(F)(F)F)sc21. The van der Waals surface area contributed by atoms with Crippen LogP contribution in [0.15, 0.2) is 18.5 Å². The number of halogens is 3.